The standard InChI is InChI=1S/C22H20N4O2/c1-16-8-6-11-18(14-16)26-21(17-9-4-3-5-10-17)23-20(24-26)22(27)25(2)15-19-12-7-13-28-19/h3-14H,15H2,1-2H3. The molecule has 0 saturated carbocycles. The van der Waals surface area contributed by atoms with E-state index in [0.717, 1.165) is 16.8 Å². The highest BCUT2D eigenvalue weighted by Gasteiger charge is 2.22. The molecule has 0 aliphatic heterocycles. The van der Waals surface area contributed by atoms with E-state index < -0.39 is 0 Å². The Bertz CT molecular complexity index is 1080. The zero-order chi connectivity index (χ0) is 19.5. The van der Waals surface area contributed by atoms with Crippen LogP contribution in [0, 0.1) is 6.92 Å². The Morgan fingerprint density at radius 1 is 1.07 bits per heavy atom. The van der Waals surface area contributed by atoms with Gasteiger partial charge in [0.05, 0.1) is 18.5 Å². The van der Waals surface area contributed by atoms with Gasteiger partial charge in [0.1, 0.15) is 5.76 Å². The van der Waals surface area contributed by atoms with Crippen LogP contribution in [-0.4, -0.2) is 32.6 Å². The van der Waals surface area contributed by atoms with Crippen molar-refractivity contribution in [3.05, 3.63) is 90.1 Å². The third-order valence-corrected chi connectivity index (χ3v) is 4.40. The Morgan fingerprint density at radius 3 is 2.61 bits per heavy atom. The van der Waals surface area contributed by atoms with E-state index in [1.807, 2.05) is 67.6 Å². The maximum absolute atomic E-state index is 12.9. The molecule has 140 valence electrons. The molecular formula is C22H20N4O2. The van der Waals surface area contributed by atoms with Gasteiger partial charge in [-0.25, -0.2) is 9.67 Å². The van der Waals surface area contributed by atoms with E-state index in [4.69, 9.17) is 4.42 Å². The molecule has 0 N–H and O–H groups in total. The van der Waals surface area contributed by atoms with E-state index in [1.165, 1.54) is 0 Å². The number of carbonyl (C=O) groups excluding carboxylic acids is 1. The van der Waals surface area contributed by atoms with Gasteiger partial charge in [-0.05, 0) is 36.8 Å². The second kappa shape index (κ2) is 7.52. The third-order valence-electron chi connectivity index (χ3n) is 4.40. The summed E-state index contributed by atoms with van der Waals surface area (Å²) < 4.78 is 7.05. The molecule has 1 amide bonds. The molecule has 0 aliphatic rings. The Balaban J connectivity index is 1.74. The number of benzene rings is 2. The summed E-state index contributed by atoms with van der Waals surface area (Å²) in [5.74, 6) is 1.22. The number of hydrogen-bond acceptors (Lipinski definition) is 4. The molecule has 2 aromatic heterocycles. The molecule has 0 unspecified atom stereocenters. The third kappa shape index (κ3) is 3.57. The molecule has 6 nitrogen and oxygen atoms in total. The van der Waals surface area contributed by atoms with Gasteiger partial charge in [-0.15, -0.1) is 5.10 Å². The van der Waals surface area contributed by atoms with Crippen LogP contribution in [0.15, 0.2) is 77.4 Å². The lowest BCUT2D eigenvalue weighted by Gasteiger charge is -2.13. The lowest BCUT2D eigenvalue weighted by Crippen LogP contribution is -2.27. The zero-order valence-corrected chi connectivity index (χ0v) is 15.7. The first-order valence-electron chi connectivity index (χ1n) is 8.99. The van der Waals surface area contributed by atoms with Gasteiger partial charge in [0.25, 0.3) is 5.91 Å². The maximum atomic E-state index is 12.9. The largest absolute Gasteiger partial charge is 0.467 e. The van der Waals surface area contributed by atoms with Gasteiger partial charge in [0.2, 0.25) is 5.82 Å². The van der Waals surface area contributed by atoms with Gasteiger partial charge in [-0.2, -0.15) is 0 Å². The molecule has 2 heterocycles. The maximum Gasteiger partial charge on any atom is 0.293 e. The summed E-state index contributed by atoms with van der Waals surface area (Å²) in [5, 5.41) is 4.53. The minimum absolute atomic E-state index is 0.148. The number of nitrogens with zero attached hydrogens (tertiary/aromatic N) is 4. The molecule has 28 heavy (non-hydrogen) atoms. The lowest BCUT2D eigenvalue weighted by atomic mass is 10.2. The molecule has 2 aromatic carbocycles. The summed E-state index contributed by atoms with van der Waals surface area (Å²) in [6, 6.07) is 21.3. The molecule has 0 saturated heterocycles. The molecule has 0 bridgehead atoms. The highest BCUT2D eigenvalue weighted by atomic mass is 16.3. The lowest BCUT2D eigenvalue weighted by molar-refractivity contribution is 0.0763. The average Bonchev–Trinajstić information content (AvgIpc) is 3.38. The van der Waals surface area contributed by atoms with Crippen molar-refractivity contribution in [1.29, 1.82) is 0 Å². The van der Waals surface area contributed by atoms with E-state index in [9.17, 15) is 4.79 Å². The van der Waals surface area contributed by atoms with Crippen LogP contribution < -0.4 is 0 Å². The number of hydrogen-bond donors (Lipinski definition) is 0. The van der Waals surface area contributed by atoms with Gasteiger partial charge < -0.3 is 9.32 Å². The van der Waals surface area contributed by atoms with Crippen molar-refractivity contribution in [2.75, 3.05) is 7.05 Å². The molecular weight excluding hydrogens is 352 g/mol. The van der Waals surface area contributed by atoms with Gasteiger partial charge >= 0.3 is 0 Å². The number of furan rings is 1. The predicted octanol–water partition coefficient (Wildman–Crippen LogP) is 4.11. The van der Waals surface area contributed by atoms with Gasteiger partial charge in [0.15, 0.2) is 5.82 Å². The molecule has 0 spiro atoms. The average molecular weight is 372 g/mol. The van der Waals surface area contributed by atoms with Crippen LogP contribution in [-0.2, 0) is 6.54 Å². The topological polar surface area (TPSA) is 64.2 Å². The van der Waals surface area contributed by atoms with Crippen molar-refractivity contribution in [3.63, 3.8) is 0 Å². The summed E-state index contributed by atoms with van der Waals surface area (Å²) in [6.45, 7) is 2.37. The van der Waals surface area contributed by atoms with Crippen molar-refractivity contribution in [2.45, 2.75) is 13.5 Å². The Hall–Kier alpha value is -3.67. The number of amides is 1. The molecule has 0 fully saturated rings. The van der Waals surface area contributed by atoms with Gasteiger partial charge in [-0.1, -0.05) is 42.5 Å². The fraction of sp³-hybridized carbons (Fsp3) is 0.136. The second-order valence-corrected chi connectivity index (χ2v) is 6.62. The van der Waals surface area contributed by atoms with Crippen LogP contribution in [0.5, 0.6) is 0 Å². The number of rotatable bonds is 5. The van der Waals surface area contributed by atoms with Crippen molar-refractivity contribution < 1.29 is 9.21 Å². The molecule has 0 aliphatic carbocycles. The van der Waals surface area contributed by atoms with E-state index in [0.29, 0.717) is 18.1 Å². The van der Waals surface area contributed by atoms with Gasteiger partial charge in [-0.3, -0.25) is 4.79 Å². The van der Waals surface area contributed by atoms with E-state index >= 15 is 0 Å². The van der Waals surface area contributed by atoms with Crippen LogP contribution in [0.3, 0.4) is 0 Å². The van der Waals surface area contributed by atoms with Crippen molar-refractivity contribution in [3.8, 4) is 17.1 Å². The van der Waals surface area contributed by atoms with E-state index in [-0.39, 0.29) is 11.7 Å². The van der Waals surface area contributed by atoms with Crippen LogP contribution >= 0.6 is 0 Å². The summed E-state index contributed by atoms with van der Waals surface area (Å²) in [5.41, 5.74) is 2.86. The van der Waals surface area contributed by atoms with E-state index in [1.54, 1.807) is 29.0 Å². The summed E-state index contributed by atoms with van der Waals surface area (Å²) >= 11 is 0. The Kier molecular flexibility index (Phi) is 4.76. The van der Waals surface area contributed by atoms with Gasteiger partial charge in [0, 0.05) is 12.6 Å². The van der Waals surface area contributed by atoms with Crippen LogP contribution in [0.2, 0.25) is 0 Å². The Labute approximate surface area is 163 Å². The monoisotopic (exact) mass is 372 g/mol. The fourth-order valence-corrected chi connectivity index (χ4v) is 3.00. The normalized spacial score (nSPS) is 10.8. The number of aromatic nitrogens is 3. The van der Waals surface area contributed by atoms with Crippen LogP contribution in [0.1, 0.15) is 21.9 Å². The minimum Gasteiger partial charge on any atom is -0.467 e. The first-order chi connectivity index (χ1) is 13.6. The molecule has 0 radical (unpaired) electrons. The predicted molar refractivity (Wildman–Crippen MR) is 106 cm³/mol. The molecule has 6 heteroatoms. The minimum atomic E-state index is -0.264. The van der Waals surface area contributed by atoms with Crippen molar-refractivity contribution in [2.24, 2.45) is 0 Å². The van der Waals surface area contributed by atoms with Crippen molar-refractivity contribution >= 4 is 5.91 Å². The van der Waals surface area contributed by atoms with Crippen molar-refractivity contribution in [1.82, 2.24) is 19.7 Å². The second-order valence-electron chi connectivity index (χ2n) is 6.62. The summed E-state index contributed by atoms with van der Waals surface area (Å²) in [6.07, 6.45) is 1.59. The quantitative estimate of drug-likeness (QED) is 0.529. The zero-order valence-electron chi connectivity index (χ0n) is 15.7. The highest BCUT2D eigenvalue weighted by Crippen LogP contribution is 2.22. The van der Waals surface area contributed by atoms with E-state index in [2.05, 4.69) is 10.1 Å². The Morgan fingerprint density at radius 2 is 1.89 bits per heavy atom. The SMILES string of the molecule is Cc1cccc(-n2nc(C(=O)N(C)Cc3ccco3)nc2-c2ccccc2)c1. The summed E-state index contributed by atoms with van der Waals surface area (Å²) in [7, 11) is 1.71. The van der Waals surface area contributed by atoms with Crippen LogP contribution in [0.4, 0.5) is 0 Å². The number of carbonyl (C=O) groups is 1. The first kappa shape index (κ1) is 17.7. The molecule has 0 atom stereocenters. The molecule has 4 rings (SSSR count). The summed E-state index contributed by atoms with van der Waals surface area (Å²) in [4.78, 5) is 19.0. The molecule has 4 aromatic rings. The smallest absolute Gasteiger partial charge is 0.293 e. The highest BCUT2D eigenvalue weighted by molar-refractivity contribution is 5.90. The number of aryl methyl sites for hydroxylation is 1. The fourth-order valence-electron chi connectivity index (χ4n) is 3.00. The first-order valence-corrected chi connectivity index (χ1v) is 8.99. The van der Waals surface area contributed by atoms with Crippen LogP contribution in [0.25, 0.3) is 17.1 Å².